The maximum absolute atomic E-state index is 13.1. The second-order valence-corrected chi connectivity index (χ2v) is 8.54. The van der Waals surface area contributed by atoms with E-state index in [0.717, 1.165) is 49.9 Å². The van der Waals surface area contributed by atoms with Crippen LogP contribution in [-0.2, 0) is 16.6 Å². The van der Waals surface area contributed by atoms with Crippen LogP contribution in [0.25, 0.3) is 0 Å². The number of hydrogen-bond donors (Lipinski definition) is 1. The first kappa shape index (κ1) is 24.6. The fourth-order valence-electron chi connectivity index (χ4n) is 3.34. The lowest BCUT2D eigenvalue weighted by molar-refractivity contribution is 0.373. The molecule has 3 rings (SSSR count). The van der Waals surface area contributed by atoms with Crippen LogP contribution >= 0.6 is 24.0 Å². The van der Waals surface area contributed by atoms with E-state index in [1.54, 1.807) is 0 Å². The summed E-state index contributed by atoms with van der Waals surface area (Å²) >= 11 is 0. The van der Waals surface area contributed by atoms with E-state index in [-0.39, 0.29) is 29.8 Å². The van der Waals surface area contributed by atoms with Crippen LogP contribution in [-0.4, -0.2) is 60.1 Å². The summed E-state index contributed by atoms with van der Waals surface area (Å²) in [6.07, 6.45) is 0. The molecular formula is C22H30FIN4OS. The van der Waals surface area contributed by atoms with E-state index in [1.807, 2.05) is 42.5 Å². The molecule has 1 N–H and O–H groups in total. The van der Waals surface area contributed by atoms with Crippen molar-refractivity contribution in [2.75, 3.05) is 49.9 Å². The van der Waals surface area contributed by atoms with E-state index in [0.29, 0.717) is 18.1 Å². The van der Waals surface area contributed by atoms with Crippen molar-refractivity contribution in [3.63, 3.8) is 0 Å². The Morgan fingerprint density at radius 3 is 2.37 bits per heavy atom. The number of piperazine rings is 1. The summed E-state index contributed by atoms with van der Waals surface area (Å²) in [7, 11) is -0.921. The van der Waals surface area contributed by atoms with Gasteiger partial charge in [0.05, 0.1) is 6.54 Å². The molecule has 1 aliphatic rings. The third-order valence-corrected chi connectivity index (χ3v) is 6.15. The molecule has 5 nitrogen and oxygen atoms in total. The Balaban J connectivity index is 0.00000320. The molecule has 0 bridgehead atoms. The highest BCUT2D eigenvalue weighted by molar-refractivity contribution is 14.0. The molecule has 0 spiro atoms. The third-order valence-electron chi connectivity index (χ3n) is 4.86. The lowest BCUT2D eigenvalue weighted by atomic mass is 10.2. The Kier molecular flexibility index (Phi) is 10.6. The molecule has 1 heterocycles. The van der Waals surface area contributed by atoms with Crippen LogP contribution in [0.5, 0.6) is 0 Å². The van der Waals surface area contributed by atoms with Gasteiger partial charge in [0.25, 0.3) is 0 Å². The molecule has 1 aliphatic heterocycles. The first-order valence-corrected chi connectivity index (χ1v) is 11.6. The second kappa shape index (κ2) is 12.9. The number of halogens is 2. The van der Waals surface area contributed by atoms with Crippen molar-refractivity contribution in [1.82, 2.24) is 10.2 Å². The summed E-state index contributed by atoms with van der Waals surface area (Å²) < 4.78 is 25.5. The van der Waals surface area contributed by atoms with Crippen LogP contribution in [0.1, 0.15) is 12.5 Å². The standard InChI is InChI=1S/C22H29FN4OS.HI/c1-2-24-22(25-12-17-29(28)18-19-6-4-3-5-7-19)27-15-13-26(14-16-27)21-10-8-20(23)9-11-21;/h3-11H,2,12-18H2,1H3,(H,24,25);1H. The number of guanidine groups is 1. The van der Waals surface area contributed by atoms with Gasteiger partial charge < -0.3 is 15.1 Å². The number of nitrogens with one attached hydrogen (secondary N) is 1. The first-order valence-electron chi connectivity index (χ1n) is 10.1. The van der Waals surface area contributed by atoms with Gasteiger partial charge >= 0.3 is 0 Å². The highest BCUT2D eigenvalue weighted by Gasteiger charge is 2.19. The predicted octanol–water partition coefficient (Wildman–Crippen LogP) is 3.48. The molecule has 0 aromatic heterocycles. The molecule has 0 saturated carbocycles. The summed E-state index contributed by atoms with van der Waals surface area (Å²) in [5, 5.41) is 3.35. The number of benzene rings is 2. The van der Waals surface area contributed by atoms with Gasteiger partial charge in [-0.1, -0.05) is 30.3 Å². The molecular weight excluding hydrogens is 514 g/mol. The van der Waals surface area contributed by atoms with E-state index in [9.17, 15) is 8.60 Å². The van der Waals surface area contributed by atoms with Crippen molar-refractivity contribution in [2.24, 2.45) is 4.99 Å². The van der Waals surface area contributed by atoms with E-state index in [2.05, 4.69) is 22.0 Å². The zero-order valence-corrected chi connectivity index (χ0v) is 20.4. The SMILES string of the molecule is CCNC(=NCCS(=O)Cc1ccccc1)N1CCN(c2ccc(F)cc2)CC1.I. The molecule has 30 heavy (non-hydrogen) atoms. The minimum absolute atomic E-state index is 0. The van der Waals surface area contributed by atoms with Gasteiger partial charge in [0.2, 0.25) is 0 Å². The van der Waals surface area contributed by atoms with E-state index < -0.39 is 10.8 Å². The van der Waals surface area contributed by atoms with Gasteiger partial charge in [0, 0.05) is 60.7 Å². The van der Waals surface area contributed by atoms with Gasteiger partial charge in [-0.25, -0.2) is 4.39 Å². The molecule has 164 valence electrons. The molecule has 1 fully saturated rings. The van der Waals surface area contributed by atoms with Crippen LogP contribution in [0.3, 0.4) is 0 Å². The number of rotatable bonds is 7. The van der Waals surface area contributed by atoms with Crippen LogP contribution in [0.15, 0.2) is 59.6 Å². The lowest BCUT2D eigenvalue weighted by Crippen LogP contribution is -2.52. The minimum Gasteiger partial charge on any atom is -0.368 e. The normalized spacial score (nSPS) is 15.5. The van der Waals surface area contributed by atoms with Gasteiger partial charge in [-0.2, -0.15) is 0 Å². The Bertz CT molecular complexity index is 812. The minimum atomic E-state index is -0.921. The van der Waals surface area contributed by atoms with Crippen LogP contribution in [0.2, 0.25) is 0 Å². The Hall–Kier alpha value is -1.68. The topological polar surface area (TPSA) is 47.9 Å². The predicted molar refractivity (Wildman–Crippen MR) is 135 cm³/mol. The Morgan fingerprint density at radius 2 is 1.73 bits per heavy atom. The van der Waals surface area contributed by atoms with Crippen molar-refractivity contribution in [3.05, 3.63) is 66.0 Å². The number of hydrogen-bond acceptors (Lipinski definition) is 3. The number of aliphatic imine (C=N–C) groups is 1. The molecule has 0 amide bonds. The van der Waals surface area contributed by atoms with Crippen molar-refractivity contribution in [1.29, 1.82) is 0 Å². The lowest BCUT2D eigenvalue weighted by Gasteiger charge is -2.37. The smallest absolute Gasteiger partial charge is 0.194 e. The molecule has 1 atom stereocenters. The molecule has 2 aromatic carbocycles. The fraction of sp³-hybridized carbons (Fsp3) is 0.409. The van der Waals surface area contributed by atoms with Gasteiger partial charge in [-0.3, -0.25) is 9.20 Å². The highest BCUT2D eigenvalue weighted by Crippen LogP contribution is 2.17. The summed E-state index contributed by atoms with van der Waals surface area (Å²) in [5.41, 5.74) is 2.14. The molecule has 1 unspecified atom stereocenters. The number of nitrogens with zero attached hydrogens (tertiary/aromatic N) is 3. The van der Waals surface area contributed by atoms with Gasteiger partial charge in [0.1, 0.15) is 5.82 Å². The average Bonchev–Trinajstić information content (AvgIpc) is 2.74. The Labute approximate surface area is 198 Å². The largest absolute Gasteiger partial charge is 0.368 e. The van der Waals surface area contributed by atoms with Crippen LogP contribution in [0, 0.1) is 5.82 Å². The maximum atomic E-state index is 13.1. The zero-order chi connectivity index (χ0) is 20.5. The molecule has 2 aromatic rings. The summed E-state index contributed by atoms with van der Waals surface area (Å²) in [5.74, 6) is 1.80. The molecule has 1 saturated heterocycles. The highest BCUT2D eigenvalue weighted by atomic mass is 127. The van der Waals surface area contributed by atoms with Crippen LogP contribution < -0.4 is 10.2 Å². The quantitative estimate of drug-likeness (QED) is 0.330. The molecule has 0 radical (unpaired) electrons. The van der Waals surface area contributed by atoms with E-state index in [4.69, 9.17) is 4.99 Å². The van der Waals surface area contributed by atoms with Crippen molar-refractivity contribution in [2.45, 2.75) is 12.7 Å². The van der Waals surface area contributed by atoms with Crippen molar-refractivity contribution >= 4 is 46.4 Å². The van der Waals surface area contributed by atoms with E-state index in [1.165, 1.54) is 12.1 Å². The average molecular weight is 544 g/mol. The van der Waals surface area contributed by atoms with E-state index >= 15 is 0 Å². The zero-order valence-electron chi connectivity index (χ0n) is 17.3. The summed E-state index contributed by atoms with van der Waals surface area (Å²) in [6.45, 7) is 6.79. The molecule has 0 aliphatic carbocycles. The van der Waals surface area contributed by atoms with Crippen molar-refractivity contribution in [3.8, 4) is 0 Å². The monoisotopic (exact) mass is 544 g/mol. The first-order chi connectivity index (χ1) is 14.2. The third kappa shape index (κ3) is 7.54. The van der Waals surface area contributed by atoms with Crippen molar-refractivity contribution < 1.29 is 8.60 Å². The van der Waals surface area contributed by atoms with Gasteiger partial charge in [0.15, 0.2) is 5.96 Å². The summed E-state index contributed by atoms with van der Waals surface area (Å²) in [6, 6.07) is 16.6. The fourth-order valence-corrected chi connectivity index (χ4v) is 4.34. The summed E-state index contributed by atoms with van der Waals surface area (Å²) in [4.78, 5) is 9.20. The maximum Gasteiger partial charge on any atom is 0.194 e. The van der Waals surface area contributed by atoms with Gasteiger partial charge in [-0.05, 0) is 36.8 Å². The second-order valence-electron chi connectivity index (χ2n) is 6.96. The van der Waals surface area contributed by atoms with Crippen LogP contribution in [0.4, 0.5) is 10.1 Å². The van der Waals surface area contributed by atoms with Gasteiger partial charge in [-0.15, -0.1) is 24.0 Å². The number of anilines is 1. The Morgan fingerprint density at radius 1 is 1.07 bits per heavy atom. The molecule has 8 heteroatoms.